The van der Waals surface area contributed by atoms with Crippen molar-refractivity contribution in [2.75, 3.05) is 18.4 Å². The van der Waals surface area contributed by atoms with Crippen LogP contribution in [-0.4, -0.2) is 44.5 Å². The summed E-state index contributed by atoms with van der Waals surface area (Å²) in [6, 6.07) is 8.81. The molecule has 164 valence electrons. The molecule has 1 fully saturated rings. The van der Waals surface area contributed by atoms with E-state index in [0.717, 1.165) is 25.1 Å². The minimum atomic E-state index is -4.44. The van der Waals surface area contributed by atoms with Gasteiger partial charge in [-0.25, -0.2) is 0 Å². The average molecular weight is 452 g/mol. The van der Waals surface area contributed by atoms with E-state index in [2.05, 4.69) is 15.5 Å². The molecule has 6 nitrogen and oxygen atoms in total. The third-order valence-electron chi connectivity index (χ3n) is 5.59. The van der Waals surface area contributed by atoms with Crippen LogP contribution in [0.2, 0.25) is 5.02 Å². The zero-order chi connectivity index (χ0) is 22.2. The molecule has 1 aliphatic rings. The smallest absolute Gasteiger partial charge is 0.325 e. The lowest BCUT2D eigenvalue weighted by Gasteiger charge is -2.35. The Morgan fingerprint density at radius 1 is 1.26 bits per heavy atom. The van der Waals surface area contributed by atoms with Crippen molar-refractivity contribution in [1.82, 2.24) is 19.5 Å². The van der Waals surface area contributed by atoms with Crippen LogP contribution in [0.1, 0.15) is 37.1 Å². The third-order valence-corrected chi connectivity index (χ3v) is 5.83. The molecule has 1 aromatic carbocycles. The number of likely N-dealkylation sites (tertiary alicyclic amines) is 1. The molecular weight excluding hydrogens is 431 g/mol. The number of hydrogen-bond donors (Lipinski definition) is 1. The number of benzene rings is 1. The number of rotatable bonds is 4. The van der Waals surface area contributed by atoms with E-state index >= 15 is 0 Å². The van der Waals surface area contributed by atoms with E-state index in [9.17, 15) is 18.0 Å². The molecule has 0 radical (unpaired) electrons. The second kappa shape index (κ2) is 8.47. The van der Waals surface area contributed by atoms with Gasteiger partial charge in [-0.3, -0.25) is 14.1 Å². The molecule has 1 aliphatic heterocycles. The van der Waals surface area contributed by atoms with Crippen LogP contribution >= 0.6 is 11.6 Å². The van der Waals surface area contributed by atoms with Gasteiger partial charge in [0.25, 0.3) is 0 Å². The maximum atomic E-state index is 13.1. The number of halogens is 4. The number of nitrogens with one attached hydrogen (secondary N) is 1. The van der Waals surface area contributed by atoms with Crippen LogP contribution in [0.25, 0.3) is 5.65 Å². The van der Waals surface area contributed by atoms with E-state index in [1.54, 1.807) is 24.3 Å². The summed E-state index contributed by atoms with van der Waals surface area (Å²) < 4.78 is 40.8. The minimum Gasteiger partial charge on any atom is -0.325 e. The van der Waals surface area contributed by atoms with Crippen molar-refractivity contribution < 1.29 is 18.0 Å². The molecule has 1 saturated heterocycles. The first-order valence-corrected chi connectivity index (χ1v) is 10.3. The lowest BCUT2D eigenvalue weighted by atomic mass is 9.96. The normalized spacial score (nSPS) is 18.8. The molecule has 0 saturated carbocycles. The van der Waals surface area contributed by atoms with Gasteiger partial charge in [-0.1, -0.05) is 17.7 Å². The summed E-state index contributed by atoms with van der Waals surface area (Å²) in [6.45, 7) is 3.03. The third kappa shape index (κ3) is 4.67. The van der Waals surface area contributed by atoms with Gasteiger partial charge in [0.15, 0.2) is 5.65 Å². The van der Waals surface area contributed by atoms with Gasteiger partial charge in [0, 0.05) is 29.4 Å². The van der Waals surface area contributed by atoms with Crippen molar-refractivity contribution in [3.8, 4) is 0 Å². The number of nitrogens with zero attached hydrogens (tertiary/aromatic N) is 4. The Labute approximate surface area is 182 Å². The molecule has 0 unspecified atom stereocenters. The van der Waals surface area contributed by atoms with E-state index in [1.165, 1.54) is 10.5 Å². The van der Waals surface area contributed by atoms with Crippen LogP contribution in [-0.2, 0) is 11.0 Å². The van der Waals surface area contributed by atoms with E-state index in [0.29, 0.717) is 35.3 Å². The number of pyridine rings is 1. The highest BCUT2D eigenvalue weighted by Gasteiger charge is 2.33. The summed E-state index contributed by atoms with van der Waals surface area (Å²) in [7, 11) is 0. The number of anilines is 1. The topological polar surface area (TPSA) is 62.5 Å². The minimum absolute atomic E-state index is 0.131. The number of hydrogen-bond acceptors (Lipinski definition) is 4. The molecule has 0 bridgehead atoms. The maximum Gasteiger partial charge on any atom is 0.417 e. The number of alkyl halides is 3. The fraction of sp³-hybridized carbons (Fsp3) is 0.381. The molecule has 2 aromatic heterocycles. The van der Waals surface area contributed by atoms with Crippen molar-refractivity contribution in [2.45, 2.75) is 37.9 Å². The molecule has 4 rings (SSSR count). The van der Waals surface area contributed by atoms with Crippen molar-refractivity contribution >= 4 is 28.8 Å². The number of amides is 1. The van der Waals surface area contributed by atoms with E-state index in [1.807, 2.05) is 11.8 Å². The second-order valence-electron chi connectivity index (χ2n) is 7.71. The zero-order valence-corrected chi connectivity index (χ0v) is 17.5. The van der Waals surface area contributed by atoms with Crippen molar-refractivity contribution in [3.05, 3.63) is 59.0 Å². The first-order valence-electron chi connectivity index (χ1n) is 9.95. The van der Waals surface area contributed by atoms with E-state index in [-0.39, 0.29) is 11.8 Å². The quantitative estimate of drug-likeness (QED) is 0.629. The van der Waals surface area contributed by atoms with Crippen molar-refractivity contribution in [1.29, 1.82) is 0 Å². The summed E-state index contributed by atoms with van der Waals surface area (Å²) in [5.41, 5.74) is 0.232. The molecule has 3 heterocycles. The predicted molar refractivity (Wildman–Crippen MR) is 111 cm³/mol. The summed E-state index contributed by atoms with van der Waals surface area (Å²) in [4.78, 5) is 14.7. The van der Waals surface area contributed by atoms with Crippen molar-refractivity contribution in [3.63, 3.8) is 0 Å². The number of aromatic nitrogens is 3. The number of carbonyl (C=O) groups is 1. The molecule has 1 N–H and O–H groups in total. The lowest BCUT2D eigenvalue weighted by molar-refractivity contribution is -0.137. The Balaban J connectivity index is 1.51. The van der Waals surface area contributed by atoms with Crippen molar-refractivity contribution in [2.24, 2.45) is 0 Å². The maximum absolute atomic E-state index is 13.1. The van der Waals surface area contributed by atoms with E-state index in [4.69, 9.17) is 11.6 Å². The molecule has 0 aliphatic carbocycles. The number of piperidine rings is 1. The van der Waals surface area contributed by atoms with Crippen LogP contribution in [0.15, 0.2) is 42.6 Å². The summed E-state index contributed by atoms with van der Waals surface area (Å²) >= 11 is 5.97. The molecular formula is C21H21ClF3N5O. The van der Waals surface area contributed by atoms with Crippen LogP contribution in [0.3, 0.4) is 0 Å². The van der Waals surface area contributed by atoms with Gasteiger partial charge in [-0.15, -0.1) is 10.2 Å². The van der Waals surface area contributed by atoms with E-state index < -0.39 is 17.8 Å². The number of fused-ring (bicyclic) bond motifs is 1. The largest absolute Gasteiger partial charge is 0.417 e. The summed E-state index contributed by atoms with van der Waals surface area (Å²) in [5, 5.41) is 11.6. The Hall–Kier alpha value is -2.65. The van der Waals surface area contributed by atoms with Gasteiger partial charge in [-0.2, -0.15) is 13.2 Å². The molecule has 10 heteroatoms. The first-order chi connectivity index (χ1) is 14.7. The zero-order valence-electron chi connectivity index (χ0n) is 16.7. The van der Waals surface area contributed by atoms with Crippen LogP contribution in [0.4, 0.5) is 18.9 Å². The monoisotopic (exact) mass is 451 g/mol. The fourth-order valence-corrected chi connectivity index (χ4v) is 4.09. The van der Waals surface area contributed by atoms with Gasteiger partial charge >= 0.3 is 6.18 Å². The highest BCUT2D eigenvalue weighted by molar-refractivity contribution is 6.30. The highest BCUT2D eigenvalue weighted by atomic mass is 35.5. The molecule has 1 amide bonds. The Bertz CT molecular complexity index is 1100. The van der Waals surface area contributed by atoms with Gasteiger partial charge in [-0.05, 0) is 56.6 Å². The van der Waals surface area contributed by atoms with Crippen LogP contribution in [0.5, 0.6) is 0 Å². The molecule has 31 heavy (non-hydrogen) atoms. The van der Waals surface area contributed by atoms with Crippen LogP contribution in [0, 0.1) is 0 Å². The summed E-state index contributed by atoms with van der Waals surface area (Å²) in [6.07, 6.45) is -1.84. The first kappa shape index (κ1) is 21.6. The van der Waals surface area contributed by atoms with Gasteiger partial charge in [0.1, 0.15) is 5.82 Å². The molecule has 3 aromatic rings. The van der Waals surface area contributed by atoms with Crippen LogP contribution < -0.4 is 5.32 Å². The Kier molecular flexibility index (Phi) is 5.90. The predicted octanol–water partition coefficient (Wildman–Crippen LogP) is 4.61. The summed E-state index contributed by atoms with van der Waals surface area (Å²) in [5.74, 6) is 0.176. The SMILES string of the molecule is C[C@H](C(=O)Nc1cccc(Cl)c1)N1CCC[C@H](c2nnc3ccc(C(F)(F)F)cn23)C1. The Morgan fingerprint density at radius 3 is 2.81 bits per heavy atom. The lowest BCUT2D eigenvalue weighted by Crippen LogP contribution is -2.46. The second-order valence-corrected chi connectivity index (χ2v) is 8.15. The standard InChI is InChI=1S/C21H21ClF3N5O/c1-13(20(31)26-17-6-2-5-16(22)10-17)29-9-3-4-14(11-29)19-28-27-18-8-7-15(12-30(18)19)21(23,24)25/h2,5-8,10,12-14H,3-4,9,11H2,1H3,(H,26,31)/t13-,14+/m1/s1. The number of carbonyl (C=O) groups excluding carboxylic acids is 1. The van der Waals surface area contributed by atoms with Gasteiger partial charge in [0.05, 0.1) is 11.6 Å². The molecule has 0 spiro atoms. The average Bonchev–Trinajstić information content (AvgIpc) is 3.16. The highest BCUT2D eigenvalue weighted by Crippen LogP contribution is 2.32. The van der Waals surface area contributed by atoms with Gasteiger partial charge in [0.2, 0.25) is 5.91 Å². The van der Waals surface area contributed by atoms with Gasteiger partial charge < -0.3 is 5.32 Å². The molecule has 2 atom stereocenters. The Morgan fingerprint density at radius 2 is 2.06 bits per heavy atom. The fourth-order valence-electron chi connectivity index (χ4n) is 3.90.